The molecule has 0 aliphatic carbocycles. The van der Waals surface area contributed by atoms with Gasteiger partial charge < -0.3 is 18.9 Å². The minimum absolute atomic E-state index is 0.294. The first-order valence-corrected chi connectivity index (χ1v) is 11.5. The topological polar surface area (TPSA) is 88.1 Å². The van der Waals surface area contributed by atoms with Crippen LogP contribution >= 0.6 is 0 Å². The summed E-state index contributed by atoms with van der Waals surface area (Å²) in [6.45, 7) is 3.14. The van der Waals surface area contributed by atoms with E-state index in [0.717, 1.165) is 0 Å². The average molecular weight is 484 g/mol. The Morgan fingerprint density at radius 2 is 1.22 bits per heavy atom. The lowest BCUT2D eigenvalue weighted by Crippen LogP contribution is -2.53. The molecule has 4 rings (SSSR count). The molecule has 1 heterocycles. The first-order valence-electron chi connectivity index (χ1n) is 11.5. The number of carbonyl (C=O) groups excluding carboxylic acids is 3. The van der Waals surface area contributed by atoms with E-state index >= 15 is 0 Å². The molecule has 0 unspecified atom stereocenters. The highest BCUT2D eigenvalue weighted by Gasteiger charge is 2.58. The molecule has 1 aliphatic heterocycles. The van der Waals surface area contributed by atoms with E-state index in [1.165, 1.54) is 6.92 Å². The van der Waals surface area contributed by atoms with E-state index in [1.807, 2.05) is 0 Å². The van der Waals surface area contributed by atoms with Crippen molar-refractivity contribution in [3.63, 3.8) is 0 Å². The van der Waals surface area contributed by atoms with Gasteiger partial charge in [-0.15, -0.1) is 0 Å². The second-order valence-corrected chi connectivity index (χ2v) is 8.63. The molecular formula is C28H25BO7. The second-order valence-electron chi connectivity index (χ2n) is 8.63. The van der Waals surface area contributed by atoms with Gasteiger partial charge >= 0.3 is 17.9 Å². The van der Waals surface area contributed by atoms with Crippen LogP contribution in [0.15, 0.2) is 91.0 Å². The molecule has 1 saturated heterocycles. The monoisotopic (exact) mass is 484 g/mol. The van der Waals surface area contributed by atoms with Gasteiger partial charge in [0.15, 0.2) is 11.7 Å². The summed E-state index contributed by atoms with van der Waals surface area (Å²) in [7, 11) is 6.28. The quantitative estimate of drug-likeness (QED) is 0.285. The van der Waals surface area contributed by atoms with Crippen LogP contribution in [0.1, 0.15) is 44.9 Å². The summed E-state index contributed by atoms with van der Waals surface area (Å²) < 4.78 is 23.2. The highest BCUT2D eigenvalue weighted by atomic mass is 16.7. The Bertz CT molecular complexity index is 1200. The Morgan fingerprint density at radius 3 is 1.72 bits per heavy atom. The molecule has 0 spiro atoms. The largest absolute Gasteiger partial charge is 0.456 e. The molecule has 0 aromatic heterocycles. The number of benzene rings is 3. The SMILES string of the molecule is [B][C@@H]1O[C@H]([C@@H](C)OC(=O)c2ccccc2)[C@@H](OC(=O)c2ccccc2)[C@@]1(C)OC(=O)c1ccccc1. The maximum absolute atomic E-state index is 13.0. The van der Waals surface area contributed by atoms with Crippen molar-refractivity contribution in [1.29, 1.82) is 0 Å². The molecule has 0 bridgehead atoms. The van der Waals surface area contributed by atoms with Crippen LogP contribution in [0.5, 0.6) is 0 Å². The molecule has 36 heavy (non-hydrogen) atoms. The molecule has 0 N–H and O–H groups in total. The van der Waals surface area contributed by atoms with Crippen LogP contribution in [0.3, 0.4) is 0 Å². The Balaban J connectivity index is 1.61. The number of hydrogen-bond acceptors (Lipinski definition) is 7. The third-order valence-electron chi connectivity index (χ3n) is 6.06. The van der Waals surface area contributed by atoms with Crippen molar-refractivity contribution in [2.45, 2.75) is 43.8 Å². The first-order chi connectivity index (χ1) is 17.3. The van der Waals surface area contributed by atoms with E-state index < -0.39 is 47.8 Å². The van der Waals surface area contributed by atoms with E-state index in [1.54, 1.807) is 97.9 Å². The lowest BCUT2D eigenvalue weighted by molar-refractivity contribution is -0.0869. The van der Waals surface area contributed by atoms with Gasteiger partial charge in [0.25, 0.3) is 0 Å². The summed E-state index contributed by atoms with van der Waals surface area (Å²) >= 11 is 0. The lowest BCUT2D eigenvalue weighted by atomic mass is 9.80. The zero-order chi connectivity index (χ0) is 25.7. The minimum atomic E-state index is -1.57. The fourth-order valence-corrected chi connectivity index (χ4v) is 3.99. The van der Waals surface area contributed by atoms with Crippen LogP contribution in [0.25, 0.3) is 0 Å². The summed E-state index contributed by atoms with van der Waals surface area (Å²) in [5.74, 6) is -1.90. The third kappa shape index (κ3) is 5.34. The second kappa shape index (κ2) is 10.8. The Hall–Kier alpha value is -3.91. The Kier molecular flexibility index (Phi) is 7.55. The van der Waals surface area contributed by atoms with Crippen LogP contribution in [-0.4, -0.2) is 55.7 Å². The molecule has 3 aromatic rings. The van der Waals surface area contributed by atoms with E-state index in [-0.39, 0.29) is 0 Å². The normalized spacial score (nSPS) is 23.9. The van der Waals surface area contributed by atoms with Crippen molar-refractivity contribution in [1.82, 2.24) is 0 Å². The highest BCUT2D eigenvalue weighted by Crippen LogP contribution is 2.38. The highest BCUT2D eigenvalue weighted by molar-refractivity contribution is 6.12. The molecule has 1 fully saturated rings. The minimum Gasteiger partial charge on any atom is -0.456 e. The van der Waals surface area contributed by atoms with Crippen LogP contribution in [0.4, 0.5) is 0 Å². The summed E-state index contributed by atoms with van der Waals surface area (Å²) in [5, 5.41) is 0. The van der Waals surface area contributed by atoms with E-state index in [0.29, 0.717) is 16.7 Å². The number of hydrogen-bond donors (Lipinski definition) is 0. The van der Waals surface area contributed by atoms with Gasteiger partial charge in [0.1, 0.15) is 20.1 Å². The molecular weight excluding hydrogens is 459 g/mol. The van der Waals surface area contributed by atoms with Gasteiger partial charge in [-0.3, -0.25) is 0 Å². The Labute approximate surface area is 210 Å². The smallest absolute Gasteiger partial charge is 0.338 e. The van der Waals surface area contributed by atoms with Gasteiger partial charge in [0, 0.05) is 0 Å². The van der Waals surface area contributed by atoms with Gasteiger partial charge in [-0.25, -0.2) is 14.4 Å². The molecule has 1 aliphatic rings. The maximum atomic E-state index is 13.0. The summed E-state index contributed by atoms with van der Waals surface area (Å²) in [6, 6.07) is 24.0. The molecule has 3 aromatic carbocycles. The van der Waals surface area contributed by atoms with Gasteiger partial charge in [-0.1, -0.05) is 54.6 Å². The molecule has 7 nitrogen and oxygen atoms in total. The summed E-state index contributed by atoms with van der Waals surface area (Å²) in [4.78, 5) is 38.6. The lowest BCUT2D eigenvalue weighted by Gasteiger charge is -2.34. The van der Waals surface area contributed by atoms with Crippen molar-refractivity contribution < 1.29 is 33.3 Å². The van der Waals surface area contributed by atoms with Crippen molar-refractivity contribution >= 4 is 25.8 Å². The fraction of sp³-hybridized carbons (Fsp3) is 0.250. The molecule has 0 amide bonds. The van der Waals surface area contributed by atoms with Crippen molar-refractivity contribution in [3.8, 4) is 0 Å². The molecule has 2 radical (unpaired) electrons. The van der Waals surface area contributed by atoms with Crippen LogP contribution in [0, 0.1) is 0 Å². The van der Waals surface area contributed by atoms with Gasteiger partial charge in [-0.2, -0.15) is 0 Å². The maximum Gasteiger partial charge on any atom is 0.338 e. The summed E-state index contributed by atoms with van der Waals surface area (Å²) in [5.41, 5.74) is -0.633. The van der Waals surface area contributed by atoms with E-state index in [2.05, 4.69) is 0 Å². The van der Waals surface area contributed by atoms with Gasteiger partial charge in [0.2, 0.25) is 0 Å². The van der Waals surface area contributed by atoms with Crippen LogP contribution in [0.2, 0.25) is 0 Å². The molecule has 182 valence electrons. The van der Waals surface area contributed by atoms with Crippen LogP contribution in [-0.2, 0) is 18.9 Å². The van der Waals surface area contributed by atoms with Crippen molar-refractivity contribution in [3.05, 3.63) is 108 Å². The number of ether oxygens (including phenoxy) is 4. The fourth-order valence-electron chi connectivity index (χ4n) is 3.99. The summed E-state index contributed by atoms with van der Waals surface area (Å²) in [6.07, 6.45) is -3.07. The number of rotatable bonds is 7. The first kappa shape index (κ1) is 25.2. The number of carbonyl (C=O) groups is 3. The van der Waals surface area contributed by atoms with Crippen molar-refractivity contribution in [2.24, 2.45) is 0 Å². The molecule has 0 saturated carbocycles. The standard InChI is InChI=1S/C28H25BO7/c1-18(33-24(30)19-12-6-3-7-13-19)22-23(35-25(31)20-14-8-4-9-15-20)28(2,27(29)34-22)36-26(32)21-16-10-5-11-17-21/h3-18,22-23,27H,1-2H3/t18-,22-,23-,27-,28-/m1/s1. The average Bonchev–Trinajstić information content (AvgIpc) is 3.15. The number of esters is 3. The molecule has 5 atom stereocenters. The van der Waals surface area contributed by atoms with E-state index in [9.17, 15) is 14.4 Å². The van der Waals surface area contributed by atoms with Gasteiger partial charge in [-0.05, 0) is 50.2 Å². The van der Waals surface area contributed by atoms with Crippen LogP contribution < -0.4 is 0 Å². The third-order valence-corrected chi connectivity index (χ3v) is 6.06. The van der Waals surface area contributed by atoms with Gasteiger partial charge in [0.05, 0.1) is 22.7 Å². The van der Waals surface area contributed by atoms with Crippen molar-refractivity contribution in [2.75, 3.05) is 0 Å². The molecule has 8 heteroatoms. The zero-order valence-electron chi connectivity index (χ0n) is 19.9. The van der Waals surface area contributed by atoms with E-state index in [4.69, 9.17) is 26.8 Å². The zero-order valence-corrected chi connectivity index (χ0v) is 19.9. The predicted octanol–water partition coefficient (Wildman–Crippen LogP) is 3.97. The Morgan fingerprint density at radius 1 is 0.778 bits per heavy atom. The predicted molar refractivity (Wildman–Crippen MR) is 132 cm³/mol.